The molecule has 2 aromatic carbocycles. The van der Waals surface area contributed by atoms with Crippen LogP contribution < -0.4 is 9.47 Å². The molecule has 0 bridgehead atoms. The lowest BCUT2D eigenvalue weighted by Crippen LogP contribution is -1.90. The Kier molecular flexibility index (Phi) is 3.63. The molecule has 0 aliphatic heterocycles. The molecule has 0 fully saturated rings. The number of rotatable bonds is 4. The fourth-order valence-electron chi connectivity index (χ4n) is 1.79. The first-order chi connectivity index (χ1) is 8.78. The van der Waals surface area contributed by atoms with E-state index in [4.69, 9.17) is 9.47 Å². The van der Waals surface area contributed by atoms with Crippen molar-refractivity contribution >= 4 is 6.29 Å². The maximum absolute atomic E-state index is 10.7. The van der Waals surface area contributed by atoms with Crippen LogP contribution in [-0.4, -0.2) is 20.5 Å². The number of carbonyl (C=O) groups is 1. The second kappa shape index (κ2) is 5.36. The van der Waals surface area contributed by atoms with E-state index in [1.54, 1.807) is 26.4 Å². The van der Waals surface area contributed by atoms with Gasteiger partial charge in [0.25, 0.3) is 0 Å². The van der Waals surface area contributed by atoms with Crippen LogP contribution in [0.1, 0.15) is 10.4 Å². The van der Waals surface area contributed by atoms with E-state index in [0.717, 1.165) is 23.2 Å². The molecule has 0 spiro atoms. The summed E-state index contributed by atoms with van der Waals surface area (Å²) in [7, 11) is 3.23. The first-order valence-corrected chi connectivity index (χ1v) is 5.56. The van der Waals surface area contributed by atoms with E-state index < -0.39 is 0 Å². The summed E-state index contributed by atoms with van der Waals surface area (Å²) < 4.78 is 10.4. The molecule has 3 heteroatoms. The topological polar surface area (TPSA) is 35.5 Å². The standard InChI is InChI=1S/C15H14O3/c1-17-13-6-4-12(5-7-13)14-8-3-11(10-16)9-15(14)18-2/h3-10H,1-2H3. The van der Waals surface area contributed by atoms with Gasteiger partial charge >= 0.3 is 0 Å². The van der Waals surface area contributed by atoms with Crippen LogP contribution in [0.2, 0.25) is 0 Å². The molecule has 0 atom stereocenters. The molecular formula is C15H14O3. The number of ether oxygens (including phenoxy) is 2. The van der Waals surface area contributed by atoms with Gasteiger partial charge in [-0.1, -0.05) is 18.2 Å². The molecule has 0 aliphatic carbocycles. The Labute approximate surface area is 106 Å². The maximum atomic E-state index is 10.7. The molecule has 0 N–H and O–H groups in total. The lowest BCUT2D eigenvalue weighted by atomic mass is 10.0. The van der Waals surface area contributed by atoms with Gasteiger partial charge in [0, 0.05) is 11.1 Å². The van der Waals surface area contributed by atoms with Crippen LogP contribution >= 0.6 is 0 Å². The van der Waals surface area contributed by atoms with Gasteiger partial charge in [-0.25, -0.2) is 0 Å². The fourth-order valence-corrected chi connectivity index (χ4v) is 1.79. The molecule has 0 saturated heterocycles. The number of aldehydes is 1. The van der Waals surface area contributed by atoms with Crippen LogP contribution in [0.25, 0.3) is 11.1 Å². The van der Waals surface area contributed by atoms with Crippen molar-refractivity contribution in [2.45, 2.75) is 0 Å². The zero-order chi connectivity index (χ0) is 13.0. The fraction of sp³-hybridized carbons (Fsp3) is 0.133. The average Bonchev–Trinajstić information content (AvgIpc) is 2.46. The number of carbonyl (C=O) groups excluding carboxylic acids is 1. The van der Waals surface area contributed by atoms with Gasteiger partial charge in [0.05, 0.1) is 14.2 Å². The minimum Gasteiger partial charge on any atom is -0.497 e. The molecule has 2 aromatic rings. The van der Waals surface area contributed by atoms with E-state index in [0.29, 0.717) is 11.3 Å². The van der Waals surface area contributed by atoms with E-state index in [1.807, 2.05) is 30.3 Å². The highest BCUT2D eigenvalue weighted by Gasteiger charge is 2.06. The molecule has 0 saturated carbocycles. The van der Waals surface area contributed by atoms with Crippen LogP contribution in [-0.2, 0) is 0 Å². The summed E-state index contributed by atoms with van der Waals surface area (Å²) in [6.07, 6.45) is 0.806. The zero-order valence-corrected chi connectivity index (χ0v) is 10.3. The highest BCUT2D eigenvalue weighted by molar-refractivity contribution is 5.80. The number of hydrogen-bond donors (Lipinski definition) is 0. The molecule has 0 radical (unpaired) electrons. The molecule has 18 heavy (non-hydrogen) atoms. The van der Waals surface area contributed by atoms with E-state index in [-0.39, 0.29) is 0 Å². The van der Waals surface area contributed by atoms with Crippen molar-refractivity contribution in [3.8, 4) is 22.6 Å². The molecular weight excluding hydrogens is 228 g/mol. The monoisotopic (exact) mass is 242 g/mol. The number of methoxy groups -OCH3 is 2. The zero-order valence-electron chi connectivity index (χ0n) is 10.3. The SMILES string of the molecule is COc1ccc(-c2ccc(C=O)cc2OC)cc1. The van der Waals surface area contributed by atoms with Gasteiger partial charge < -0.3 is 9.47 Å². The van der Waals surface area contributed by atoms with Gasteiger partial charge in [0.1, 0.15) is 17.8 Å². The largest absolute Gasteiger partial charge is 0.497 e. The second-order valence-corrected chi connectivity index (χ2v) is 3.81. The van der Waals surface area contributed by atoms with Crippen LogP contribution in [0.3, 0.4) is 0 Å². The number of hydrogen-bond acceptors (Lipinski definition) is 3. The summed E-state index contributed by atoms with van der Waals surface area (Å²) in [6, 6.07) is 13.1. The van der Waals surface area contributed by atoms with Crippen molar-refractivity contribution < 1.29 is 14.3 Å². The molecule has 0 amide bonds. The lowest BCUT2D eigenvalue weighted by molar-refractivity contribution is 0.112. The smallest absolute Gasteiger partial charge is 0.150 e. The van der Waals surface area contributed by atoms with Gasteiger partial charge in [0.2, 0.25) is 0 Å². The van der Waals surface area contributed by atoms with Gasteiger partial charge in [0.15, 0.2) is 0 Å². The first-order valence-electron chi connectivity index (χ1n) is 5.56. The van der Waals surface area contributed by atoms with Gasteiger partial charge in [-0.3, -0.25) is 4.79 Å². The second-order valence-electron chi connectivity index (χ2n) is 3.81. The predicted octanol–water partition coefficient (Wildman–Crippen LogP) is 3.18. The molecule has 92 valence electrons. The molecule has 0 heterocycles. The van der Waals surface area contributed by atoms with Crippen LogP contribution in [0.4, 0.5) is 0 Å². The highest BCUT2D eigenvalue weighted by Crippen LogP contribution is 2.31. The Morgan fingerprint density at radius 3 is 2.22 bits per heavy atom. The average molecular weight is 242 g/mol. The van der Waals surface area contributed by atoms with Gasteiger partial charge in [-0.2, -0.15) is 0 Å². The van der Waals surface area contributed by atoms with Crippen molar-refractivity contribution in [1.82, 2.24) is 0 Å². The Morgan fingerprint density at radius 2 is 1.67 bits per heavy atom. The van der Waals surface area contributed by atoms with Gasteiger partial charge in [-0.05, 0) is 29.8 Å². The Hall–Kier alpha value is -2.29. The molecule has 0 aromatic heterocycles. The third-order valence-corrected chi connectivity index (χ3v) is 2.76. The summed E-state index contributed by atoms with van der Waals surface area (Å²) in [5, 5.41) is 0. The maximum Gasteiger partial charge on any atom is 0.150 e. The van der Waals surface area contributed by atoms with Gasteiger partial charge in [-0.15, -0.1) is 0 Å². The Balaban J connectivity index is 2.45. The normalized spacial score (nSPS) is 9.89. The summed E-state index contributed by atoms with van der Waals surface area (Å²) in [6.45, 7) is 0. The summed E-state index contributed by atoms with van der Waals surface area (Å²) in [5.41, 5.74) is 2.57. The number of benzene rings is 2. The van der Waals surface area contributed by atoms with Crippen molar-refractivity contribution in [3.63, 3.8) is 0 Å². The first kappa shape index (κ1) is 12.2. The minimum absolute atomic E-state index is 0.601. The molecule has 0 unspecified atom stereocenters. The predicted molar refractivity (Wildman–Crippen MR) is 70.4 cm³/mol. The van der Waals surface area contributed by atoms with E-state index in [9.17, 15) is 4.79 Å². The van der Waals surface area contributed by atoms with E-state index >= 15 is 0 Å². The third kappa shape index (κ3) is 2.35. The van der Waals surface area contributed by atoms with E-state index in [1.165, 1.54) is 0 Å². The third-order valence-electron chi connectivity index (χ3n) is 2.76. The summed E-state index contributed by atoms with van der Waals surface area (Å²) >= 11 is 0. The van der Waals surface area contributed by atoms with Crippen molar-refractivity contribution in [2.75, 3.05) is 14.2 Å². The van der Waals surface area contributed by atoms with Crippen molar-refractivity contribution in [3.05, 3.63) is 48.0 Å². The quantitative estimate of drug-likeness (QED) is 0.772. The van der Waals surface area contributed by atoms with Crippen LogP contribution in [0.5, 0.6) is 11.5 Å². The Bertz CT molecular complexity index is 544. The highest BCUT2D eigenvalue weighted by atomic mass is 16.5. The molecule has 3 nitrogen and oxygen atoms in total. The lowest BCUT2D eigenvalue weighted by Gasteiger charge is -2.09. The molecule has 2 rings (SSSR count). The summed E-state index contributed by atoms with van der Waals surface area (Å²) in [4.78, 5) is 10.7. The molecule has 0 aliphatic rings. The van der Waals surface area contributed by atoms with Crippen LogP contribution in [0.15, 0.2) is 42.5 Å². The minimum atomic E-state index is 0.601. The summed E-state index contributed by atoms with van der Waals surface area (Å²) in [5.74, 6) is 1.49. The van der Waals surface area contributed by atoms with Crippen molar-refractivity contribution in [1.29, 1.82) is 0 Å². The Morgan fingerprint density at radius 1 is 0.944 bits per heavy atom. The van der Waals surface area contributed by atoms with E-state index in [2.05, 4.69) is 0 Å². The van der Waals surface area contributed by atoms with Crippen molar-refractivity contribution in [2.24, 2.45) is 0 Å². The van der Waals surface area contributed by atoms with Crippen LogP contribution in [0, 0.1) is 0 Å².